The lowest BCUT2D eigenvalue weighted by molar-refractivity contribution is -0.119. The molecule has 0 radical (unpaired) electrons. The van der Waals surface area contributed by atoms with Crippen molar-refractivity contribution in [1.29, 1.82) is 0 Å². The van der Waals surface area contributed by atoms with Gasteiger partial charge < -0.3 is 19.7 Å². The molecule has 1 aliphatic rings. The van der Waals surface area contributed by atoms with Gasteiger partial charge in [-0.1, -0.05) is 12.1 Å². The van der Waals surface area contributed by atoms with Gasteiger partial charge in [0.1, 0.15) is 12.4 Å². The van der Waals surface area contributed by atoms with Gasteiger partial charge in [0.15, 0.2) is 5.75 Å². The van der Waals surface area contributed by atoms with Crippen LogP contribution in [0.15, 0.2) is 42.5 Å². The molecular weight excluding hydrogens is 308 g/mol. The summed E-state index contributed by atoms with van der Waals surface area (Å²) in [5, 5.41) is 2.70. The molecule has 0 bridgehead atoms. The molecule has 0 fully saturated rings. The summed E-state index contributed by atoms with van der Waals surface area (Å²) in [6, 6.07) is 12.4. The van der Waals surface area contributed by atoms with E-state index in [9.17, 15) is 9.59 Å². The van der Waals surface area contributed by atoms with Crippen LogP contribution in [-0.2, 0) is 9.53 Å². The number of amides is 2. The SMILES string of the molecule is CCN1C(=O)c2cc(NC(=O)COC)ccc2Oc2ccccc21. The number of benzene rings is 2. The van der Waals surface area contributed by atoms with E-state index in [0.29, 0.717) is 29.3 Å². The zero-order valence-electron chi connectivity index (χ0n) is 13.5. The number of fused-ring (bicyclic) bond motifs is 2. The molecule has 1 aliphatic heterocycles. The topological polar surface area (TPSA) is 67.9 Å². The highest BCUT2D eigenvalue weighted by molar-refractivity contribution is 6.10. The first-order valence-electron chi connectivity index (χ1n) is 7.65. The van der Waals surface area contributed by atoms with Crippen LogP contribution < -0.4 is 15.0 Å². The molecule has 6 heteroatoms. The average molecular weight is 326 g/mol. The van der Waals surface area contributed by atoms with E-state index in [4.69, 9.17) is 9.47 Å². The molecule has 0 spiro atoms. The molecule has 24 heavy (non-hydrogen) atoms. The Balaban J connectivity index is 2.00. The number of nitrogens with one attached hydrogen (secondary N) is 1. The third kappa shape index (κ3) is 2.96. The van der Waals surface area contributed by atoms with E-state index in [1.54, 1.807) is 23.1 Å². The zero-order valence-corrected chi connectivity index (χ0v) is 13.5. The summed E-state index contributed by atoms with van der Waals surface area (Å²) in [4.78, 5) is 26.2. The van der Waals surface area contributed by atoms with Gasteiger partial charge in [0.05, 0.1) is 11.3 Å². The van der Waals surface area contributed by atoms with E-state index in [-0.39, 0.29) is 18.4 Å². The Morgan fingerprint density at radius 3 is 2.75 bits per heavy atom. The van der Waals surface area contributed by atoms with Gasteiger partial charge in [0, 0.05) is 19.3 Å². The van der Waals surface area contributed by atoms with Gasteiger partial charge in [-0.15, -0.1) is 0 Å². The summed E-state index contributed by atoms with van der Waals surface area (Å²) in [5.74, 6) is 0.645. The molecule has 3 rings (SSSR count). The Hall–Kier alpha value is -2.86. The fraction of sp³-hybridized carbons (Fsp3) is 0.222. The van der Waals surface area contributed by atoms with Gasteiger partial charge in [0.25, 0.3) is 5.91 Å². The molecule has 2 aromatic carbocycles. The Bertz CT molecular complexity index is 788. The minimum atomic E-state index is -0.282. The maximum Gasteiger partial charge on any atom is 0.262 e. The van der Waals surface area contributed by atoms with Gasteiger partial charge in [-0.3, -0.25) is 9.59 Å². The summed E-state index contributed by atoms with van der Waals surface area (Å²) >= 11 is 0. The molecule has 1 N–H and O–H groups in total. The molecule has 124 valence electrons. The molecular formula is C18H18N2O4. The highest BCUT2D eigenvalue weighted by Gasteiger charge is 2.27. The van der Waals surface area contributed by atoms with Gasteiger partial charge in [0.2, 0.25) is 5.91 Å². The second-order valence-corrected chi connectivity index (χ2v) is 5.31. The first-order chi connectivity index (χ1) is 11.6. The van der Waals surface area contributed by atoms with Crippen LogP contribution in [0, 0.1) is 0 Å². The maximum absolute atomic E-state index is 12.9. The van der Waals surface area contributed by atoms with Crippen molar-refractivity contribution in [2.45, 2.75) is 6.92 Å². The van der Waals surface area contributed by atoms with E-state index in [1.165, 1.54) is 7.11 Å². The van der Waals surface area contributed by atoms with Crippen molar-refractivity contribution in [2.24, 2.45) is 0 Å². The summed E-state index contributed by atoms with van der Waals surface area (Å²) < 4.78 is 10.7. The quantitative estimate of drug-likeness (QED) is 0.938. The fourth-order valence-corrected chi connectivity index (χ4v) is 2.65. The lowest BCUT2D eigenvalue weighted by atomic mass is 10.1. The van der Waals surface area contributed by atoms with Gasteiger partial charge >= 0.3 is 0 Å². The third-order valence-electron chi connectivity index (χ3n) is 3.71. The Morgan fingerprint density at radius 1 is 1.21 bits per heavy atom. The van der Waals surface area contributed by atoms with Crippen LogP contribution in [0.5, 0.6) is 11.5 Å². The molecule has 0 saturated carbocycles. The van der Waals surface area contributed by atoms with Crippen molar-refractivity contribution in [3.8, 4) is 11.5 Å². The monoisotopic (exact) mass is 326 g/mol. The molecule has 0 atom stereocenters. The van der Waals surface area contributed by atoms with Gasteiger partial charge in [-0.2, -0.15) is 0 Å². The highest BCUT2D eigenvalue weighted by Crippen LogP contribution is 2.39. The van der Waals surface area contributed by atoms with Crippen LogP contribution in [0.3, 0.4) is 0 Å². The number of carbonyl (C=O) groups is 2. The molecule has 0 unspecified atom stereocenters. The Morgan fingerprint density at radius 2 is 2.00 bits per heavy atom. The van der Waals surface area contributed by atoms with Gasteiger partial charge in [-0.25, -0.2) is 0 Å². The van der Waals surface area contributed by atoms with Crippen molar-refractivity contribution in [2.75, 3.05) is 30.5 Å². The van der Waals surface area contributed by atoms with Crippen molar-refractivity contribution in [1.82, 2.24) is 0 Å². The Labute approximate surface area is 140 Å². The Kier molecular flexibility index (Phi) is 4.48. The number of nitrogens with zero attached hydrogens (tertiary/aromatic N) is 1. The largest absolute Gasteiger partial charge is 0.454 e. The normalized spacial score (nSPS) is 12.8. The third-order valence-corrected chi connectivity index (χ3v) is 3.71. The minimum absolute atomic E-state index is 0.0476. The first kappa shape index (κ1) is 16.0. The minimum Gasteiger partial charge on any atom is -0.454 e. The van der Waals surface area contributed by atoms with Crippen LogP contribution in [0.25, 0.3) is 0 Å². The fourth-order valence-electron chi connectivity index (χ4n) is 2.65. The van der Waals surface area contributed by atoms with Crippen LogP contribution >= 0.6 is 0 Å². The zero-order chi connectivity index (χ0) is 17.1. The summed E-state index contributed by atoms with van der Waals surface area (Å²) in [7, 11) is 1.45. The second kappa shape index (κ2) is 6.72. The molecule has 6 nitrogen and oxygen atoms in total. The van der Waals surface area contributed by atoms with Gasteiger partial charge in [-0.05, 0) is 37.3 Å². The number of carbonyl (C=O) groups excluding carboxylic acids is 2. The number of rotatable bonds is 4. The predicted molar refractivity (Wildman–Crippen MR) is 90.8 cm³/mol. The van der Waals surface area contributed by atoms with Crippen LogP contribution in [-0.4, -0.2) is 32.1 Å². The number of hydrogen-bond donors (Lipinski definition) is 1. The summed E-state index contributed by atoms with van der Waals surface area (Å²) in [6.45, 7) is 2.37. The molecule has 0 aromatic heterocycles. The van der Waals surface area contributed by atoms with E-state index >= 15 is 0 Å². The number of methoxy groups -OCH3 is 1. The molecule has 0 aliphatic carbocycles. The van der Waals surface area contributed by atoms with E-state index < -0.39 is 0 Å². The standard InChI is InChI=1S/C18H18N2O4/c1-3-20-14-6-4-5-7-16(14)24-15-9-8-12(10-13(15)18(20)22)19-17(21)11-23-2/h4-10H,3,11H2,1-2H3,(H,19,21). The van der Waals surface area contributed by atoms with Crippen molar-refractivity contribution in [3.05, 3.63) is 48.0 Å². The van der Waals surface area contributed by atoms with Crippen molar-refractivity contribution >= 4 is 23.2 Å². The van der Waals surface area contributed by atoms with E-state index in [2.05, 4.69) is 5.32 Å². The van der Waals surface area contributed by atoms with Crippen molar-refractivity contribution in [3.63, 3.8) is 0 Å². The average Bonchev–Trinajstić information content (AvgIpc) is 2.69. The van der Waals surface area contributed by atoms with E-state index in [1.807, 2.05) is 31.2 Å². The van der Waals surface area contributed by atoms with Crippen LogP contribution in [0.1, 0.15) is 17.3 Å². The maximum atomic E-state index is 12.9. The molecule has 1 heterocycles. The number of ether oxygens (including phenoxy) is 2. The lowest BCUT2D eigenvalue weighted by Crippen LogP contribution is -2.29. The number of anilines is 2. The first-order valence-corrected chi connectivity index (χ1v) is 7.65. The molecule has 2 amide bonds. The molecule has 2 aromatic rings. The van der Waals surface area contributed by atoms with Crippen molar-refractivity contribution < 1.29 is 19.1 Å². The molecule has 0 saturated heterocycles. The number of hydrogen-bond acceptors (Lipinski definition) is 4. The predicted octanol–water partition coefficient (Wildman–Crippen LogP) is 3.04. The highest BCUT2D eigenvalue weighted by atomic mass is 16.5. The lowest BCUT2D eigenvalue weighted by Gasteiger charge is -2.19. The van der Waals surface area contributed by atoms with Crippen LogP contribution in [0.4, 0.5) is 11.4 Å². The smallest absolute Gasteiger partial charge is 0.262 e. The van der Waals surface area contributed by atoms with E-state index in [0.717, 1.165) is 5.69 Å². The van der Waals surface area contributed by atoms with Crippen LogP contribution in [0.2, 0.25) is 0 Å². The number of para-hydroxylation sites is 2. The summed E-state index contributed by atoms with van der Waals surface area (Å²) in [6.07, 6.45) is 0. The second-order valence-electron chi connectivity index (χ2n) is 5.31. The summed E-state index contributed by atoms with van der Waals surface area (Å²) in [5.41, 5.74) is 1.66.